The Morgan fingerprint density at radius 2 is 2.00 bits per heavy atom. The Morgan fingerprint density at radius 3 is 2.69 bits per heavy atom. The fourth-order valence-electron chi connectivity index (χ4n) is 3.65. The first kappa shape index (κ1) is 21.5. The Labute approximate surface area is 186 Å². The van der Waals surface area contributed by atoms with E-state index in [1.807, 2.05) is 23.7 Å². The van der Waals surface area contributed by atoms with E-state index in [2.05, 4.69) is 32.9 Å². The molecule has 0 unspecified atom stereocenters. The summed E-state index contributed by atoms with van der Waals surface area (Å²) in [6, 6.07) is 3.75. The normalized spacial score (nSPS) is 13.1. The van der Waals surface area contributed by atoms with Crippen LogP contribution in [0.2, 0.25) is 0 Å². The zero-order valence-corrected chi connectivity index (χ0v) is 18.6. The SMILES string of the molecule is CNc1cc(NCc2cn3cc(C4CC4)cc(CN(CC=O)C(=O)N(C)C)c3n2)ncn1. The number of hydrogen-bond acceptors (Lipinski definition) is 7. The van der Waals surface area contributed by atoms with Gasteiger partial charge in [-0.25, -0.2) is 19.7 Å². The summed E-state index contributed by atoms with van der Waals surface area (Å²) in [5, 5.41) is 6.27. The highest BCUT2D eigenvalue weighted by molar-refractivity contribution is 5.76. The lowest BCUT2D eigenvalue weighted by Crippen LogP contribution is -2.39. The zero-order chi connectivity index (χ0) is 22.7. The van der Waals surface area contributed by atoms with E-state index in [0.717, 1.165) is 29.0 Å². The fraction of sp³-hybridized carbons (Fsp3) is 0.409. The lowest BCUT2D eigenvalue weighted by Gasteiger charge is -2.24. The molecule has 0 atom stereocenters. The molecule has 10 heteroatoms. The van der Waals surface area contributed by atoms with Gasteiger partial charge in [-0.05, 0) is 30.4 Å². The van der Waals surface area contributed by atoms with Gasteiger partial charge in [-0.1, -0.05) is 0 Å². The number of fused-ring (bicyclic) bond motifs is 1. The molecule has 32 heavy (non-hydrogen) atoms. The van der Waals surface area contributed by atoms with Crippen molar-refractivity contribution >= 4 is 29.6 Å². The van der Waals surface area contributed by atoms with Gasteiger partial charge in [0, 0.05) is 45.2 Å². The maximum atomic E-state index is 12.6. The number of anilines is 2. The number of aldehydes is 1. The summed E-state index contributed by atoms with van der Waals surface area (Å²) in [4.78, 5) is 39.9. The Balaban J connectivity index is 1.62. The van der Waals surface area contributed by atoms with Crippen LogP contribution in [-0.2, 0) is 17.9 Å². The van der Waals surface area contributed by atoms with Crippen LogP contribution in [0.1, 0.15) is 35.6 Å². The topological polar surface area (TPSA) is 108 Å². The minimum atomic E-state index is -0.204. The minimum absolute atomic E-state index is 0.0352. The third-order valence-electron chi connectivity index (χ3n) is 5.43. The smallest absolute Gasteiger partial charge is 0.320 e. The number of rotatable bonds is 9. The van der Waals surface area contributed by atoms with E-state index in [-0.39, 0.29) is 12.6 Å². The third-order valence-corrected chi connectivity index (χ3v) is 5.43. The third kappa shape index (κ3) is 4.79. The van der Waals surface area contributed by atoms with Crippen LogP contribution < -0.4 is 10.6 Å². The maximum absolute atomic E-state index is 12.6. The van der Waals surface area contributed by atoms with E-state index in [1.165, 1.54) is 34.5 Å². The molecular weight excluding hydrogens is 408 g/mol. The number of hydrogen-bond donors (Lipinski definition) is 2. The molecule has 10 nitrogen and oxygen atoms in total. The summed E-state index contributed by atoms with van der Waals surface area (Å²) >= 11 is 0. The Bertz CT molecular complexity index is 1120. The van der Waals surface area contributed by atoms with Gasteiger partial charge >= 0.3 is 6.03 Å². The van der Waals surface area contributed by atoms with E-state index in [4.69, 9.17) is 4.98 Å². The standard InChI is InChI=1S/C22H28N8O2/c1-23-19-9-20(26-14-25-19)24-10-18-13-30-11-16(15-4-5-15)8-17(21(30)27-18)12-29(6-7-31)22(32)28(2)3/h7-9,11,13-15H,4-6,10,12H2,1-3H3,(H2,23,24,25,26). The maximum Gasteiger partial charge on any atom is 0.320 e. The second kappa shape index (κ2) is 9.21. The summed E-state index contributed by atoms with van der Waals surface area (Å²) in [7, 11) is 5.17. The van der Waals surface area contributed by atoms with Crippen molar-refractivity contribution in [2.24, 2.45) is 0 Å². The molecule has 4 rings (SSSR count). The van der Waals surface area contributed by atoms with Crippen LogP contribution >= 0.6 is 0 Å². The summed E-state index contributed by atoms with van der Waals surface area (Å²) in [6.45, 7) is 0.851. The number of carbonyl (C=O) groups is 2. The molecule has 0 bridgehead atoms. The van der Waals surface area contributed by atoms with Crippen molar-refractivity contribution in [1.29, 1.82) is 0 Å². The number of aromatic nitrogens is 4. The molecule has 0 aliphatic heterocycles. The van der Waals surface area contributed by atoms with Gasteiger partial charge in [0.05, 0.1) is 25.3 Å². The number of nitrogens with one attached hydrogen (secondary N) is 2. The lowest BCUT2D eigenvalue weighted by molar-refractivity contribution is -0.108. The van der Waals surface area contributed by atoms with E-state index >= 15 is 0 Å². The summed E-state index contributed by atoms with van der Waals surface area (Å²) in [5.41, 5.74) is 3.80. The van der Waals surface area contributed by atoms with Crippen LogP contribution in [0.3, 0.4) is 0 Å². The van der Waals surface area contributed by atoms with Crippen molar-refractivity contribution < 1.29 is 9.59 Å². The first-order chi connectivity index (χ1) is 15.5. The second-order valence-electron chi connectivity index (χ2n) is 8.15. The van der Waals surface area contributed by atoms with E-state index < -0.39 is 0 Å². The molecule has 1 aliphatic carbocycles. The predicted octanol–water partition coefficient (Wildman–Crippen LogP) is 2.34. The van der Waals surface area contributed by atoms with Crippen LogP contribution in [0.25, 0.3) is 5.65 Å². The van der Waals surface area contributed by atoms with Gasteiger partial charge < -0.3 is 29.6 Å². The van der Waals surface area contributed by atoms with Crippen LogP contribution in [0, 0.1) is 0 Å². The van der Waals surface area contributed by atoms with Crippen molar-refractivity contribution in [2.75, 3.05) is 38.3 Å². The van der Waals surface area contributed by atoms with Gasteiger partial charge in [-0.15, -0.1) is 0 Å². The summed E-state index contributed by atoms with van der Waals surface area (Å²) in [6.07, 6.45) is 8.71. The highest BCUT2D eigenvalue weighted by Gasteiger charge is 2.26. The molecule has 2 N–H and O–H groups in total. The van der Waals surface area contributed by atoms with Crippen molar-refractivity contribution in [3.05, 3.63) is 47.7 Å². The van der Waals surface area contributed by atoms with Gasteiger partial charge in [0.1, 0.15) is 29.9 Å². The molecule has 1 aliphatic rings. The van der Waals surface area contributed by atoms with Crippen molar-refractivity contribution in [3.8, 4) is 0 Å². The number of amides is 2. The van der Waals surface area contributed by atoms with E-state index in [1.54, 1.807) is 14.1 Å². The van der Waals surface area contributed by atoms with Gasteiger partial charge in [0.25, 0.3) is 0 Å². The number of imidazole rings is 1. The molecule has 0 saturated heterocycles. The van der Waals surface area contributed by atoms with E-state index in [0.29, 0.717) is 24.8 Å². The largest absolute Gasteiger partial charge is 0.373 e. The average Bonchev–Trinajstić information content (AvgIpc) is 3.56. The molecule has 2 amide bonds. The molecule has 0 radical (unpaired) electrons. The summed E-state index contributed by atoms with van der Waals surface area (Å²) < 4.78 is 2.03. The van der Waals surface area contributed by atoms with Crippen molar-refractivity contribution in [3.63, 3.8) is 0 Å². The first-order valence-corrected chi connectivity index (χ1v) is 10.6. The van der Waals surface area contributed by atoms with Gasteiger partial charge in [0.15, 0.2) is 0 Å². The second-order valence-corrected chi connectivity index (χ2v) is 8.15. The Kier molecular flexibility index (Phi) is 6.20. The fourth-order valence-corrected chi connectivity index (χ4v) is 3.65. The van der Waals surface area contributed by atoms with Crippen molar-refractivity contribution in [1.82, 2.24) is 29.2 Å². The average molecular weight is 437 g/mol. The van der Waals surface area contributed by atoms with Crippen LogP contribution in [0.15, 0.2) is 30.9 Å². The molecule has 168 valence electrons. The van der Waals surface area contributed by atoms with Crippen LogP contribution in [0.5, 0.6) is 0 Å². The molecule has 0 aromatic carbocycles. The van der Waals surface area contributed by atoms with Crippen molar-refractivity contribution in [2.45, 2.75) is 31.8 Å². The monoisotopic (exact) mass is 436 g/mol. The van der Waals surface area contributed by atoms with Gasteiger partial charge in [-0.3, -0.25) is 0 Å². The molecule has 3 aromatic heterocycles. The quantitative estimate of drug-likeness (QED) is 0.496. The molecule has 1 fully saturated rings. The predicted molar refractivity (Wildman–Crippen MR) is 122 cm³/mol. The first-order valence-electron chi connectivity index (χ1n) is 10.6. The van der Waals surface area contributed by atoms with Crippen LogP contribution in [-0.4, -0.2) is 69.2 Å². The molecule has 1 saturated carbocycles. The zero-order valence-electron chi connectivity index (χ0n) is 18.6. The molecule has 3 aromatic rings. The minimum Gasteiger partial charge on any atom is -0.373 e. The number of carbonyl (C=O) groups excluding carboxylic acids is 2. The van der Waals surface area contributed by atoms with E-state index in [9.17, 15) is 9.59 Å². The summed E-state index contributed by atoms with van der Waals surface area (Å²) in [5.74, 6) is 1.98. The highest BCUT2D eigenvalue weighted by Crippen LogP contribution is 2.40. The molecular formula is C22H28N8O2. The number of urea groups is 1. The number of pyridine rings is 1. The lowest BCUT2D eigenvalue weighted by atomic mass is 10.1. The van der Waals surface area contributed by atoms with Gasteiger partial charge in [-0.2, -0.15) is 0 Å². The van der Waals surface area contributed by atoms with Gasteiger partial charge in [0.2, 0.25) is 0 Å². The highest BCUT2D eigenvalue weighted by atomic mass is 16.2. The molecule has 3 heterocycles. The Morgan fingerprint density at radius 1 is 1.22 bits per heavy atom. The van der Waals surface area contributed by atoms with Crippen LogP contribution in [0.4, 0.5) is 16.4 Å². The Hall–Kier alpha value is -3.69. The number of nitrogens with zero attached hydrogens (tertiary/aromatic N) is 6. The molecule has 0 spiro atoms.